The van der Waals surface area contributed by atoms with Crippen LogP contribution in [0.25, 0.3) is 11.1 Å². The molecule has 30 heavy (non-hydrogen) atoms. The van der Waals surface area contributed by atoms with Gasteiger partial charge in [-0.3, -0.25) is 4.79 Å². The third kappa shape index (κ3) is 4.75. The molecular formula is C22H19ClO6S. The zero-order valence-corrected chi connectivity index (χ0v) is 17.6. The second kappa shape index (κ2) is 8.77. The quantitative estimate of drug-likeness (QED) is 0.560. The number of phenols is 1. The van der Waals surface area contributed by atoms with Crippen molar-refractivity contribution in [3.8, 4) is 22.6 Å². The van der Waals surface area contributed by atoms with Crippen LogP contribution in [0.3, 0.4) is 0 Å². The maximum atomic E-state index is 13.1. The summed E-state index contributed by atoms with van der Waals surface area (Å²) in [5, 5.41) is 19.0. The number of aliphatic carboxylic acids is 1. The van der Waals surface area contributed by atoms with E-state index >= 15 is 0 Å². The number of benzene rings is 3. The minimum Gasteiger partial charge on any atom is -0.505 e. The Morgan fingerprint density at radius 2 is 1.73 bits per heavy atom. The van der Waals surface area contributed by atoms with Gasteiger partial charge in [-0.25, -0.2) is 8.42 Å². The van der Waals surface area contributed by atoms with E-state index < -0.39 is 38.6 Å². The monoisotopic (exact) mass is 446 g/mol. The number of carbonyl (C=O) groups is 1. The largest absolute Gasteiger partial charge is 0.505 e. The van der Waals surface area contributed by atoms with Gasteiger partial charge in [0.25, 0.3) is 0 Å². The van der Waals surface area contributed by atoms with Gasteiger partial charge in [-0.05, 0) is 41.0 Å². The van der Waals surface area contributed by atoms with Crippen molar-refractivity contribution in [1.82, 2.24) is 0 Å². The van der Waals surface area contributed by atoms with Crippen molar-refractivity contribution in [2.45, 2.75) is 17.1 Å². The van der Waals surface area contributed by atoms with Crippen molar-refractivity contribution < 1.29 is 28.2 Å². The molecule has 8 heteroatoms. The highest BCUT2D eigenvalue weighted by atomic mass is 35.5. The predicted octanol–water partition coefficient (Wildman–Crippen LogP) is 4.32. The highest BCUT2D eigenvalue weighted by molar-refractivity contribution is 7.90. The summed E-state index contributed by atoms with van der Waals surface area (Å²) in [7, 11) is -2.62. The first kappa shape index (κ1) is 21.7. The first-order valence-electron chi connectivity index (χ1n) is 8.89. The van der Waals surface area contributed by atoms with Gasteiger partial charge < -0.3 is 14.9 Å². The van der Waals surface area contributed by atoms with Crippen molar-refractivity contribution in [2.75, 3.05) is 7.11 Å². The van der Waals surface area contributed by atoms with Gasteiger partial charge in [0.05, 0.1) is 24.3 Å². The summed E-state index contributed by atoms with van der Waals surface area (Å²) in [6.07, 6.45) is -0.421. The summed E-state index contributed by atoms with van der Waals surface area (Å²) in [6.45, 7) is 0. The number of methoxy groups -OCH3 is 1. The second-order valence-corrected chi connectivity index (χ2v) is 9.01. The van der Waals surface area contributed by atoms with Crippen molar-refractivity contribution in [3.05, 3.63) is 76.8 Å². The lowest BCUT2D eigenvalue weighted by molar-refractivity contribution is -0.136. The first-order valence-corrected chi connectivity index (χ1v) is 10.9. The number of carboxylic acids is 1. The minimum absolute atomic E-state index is 0.175. The van der Waals surface area contributed by atoms with Gasteiger partial charge in [0.2, 0.25) is 0 Å². The lowest BCUT2D eigenvalue weighted by atomic mass is 10.0. The molecule has 0 amide bonds. The summed E-state index contributed by atoms with van der Waals surface area (Å²) in [5.41, 5.74) is 2.29. The average molecular weight is 447 g/mol. The van der Waals surface area contributed by atoms with Crippen LogP contribution in [-0.4, -0.2) is 31.7 Å². The van der Waals surface area contributed by atoms with Gasteiger partial charge in [-0.1, -0.05) is 48.0 Å². The third-order valence-corrected chi connectivity index (χ3v) is 6.47. The summed E-state index contributed by atoms with van der Waals surface area (Å²) in [4.78, 5) is 10.6. The standard InChI is InChI=1S/C22H19ClO6S/c1-29-19-8-7-16(15-5-3-2-4-6-15)12-17(19)13-30(27,28)20-10-14(11-21(24)25)9-18(23)22(20)26/h2-10,12,26H,11,13H2,1H3,(H,24,25). The van der Waals surface area contributed by atoms with Crippen LogP contribution in [0.4, 0.5) is 0 Å². The first-order chi connectivity index (χ1) is 14.2. The molecule has 2 N–H and O–H groups in total. The number of ether oxygens (including phenoxy) is 1. The fourth-order valence-electron chi connectivity index (χ4n) is 3.13. The SMILES string of the molecule is COc1ccc(-c2ccccc2)cc1CS(=O)(=O)c1cc(CC(=O)O)cc(Cl)c1O. The maximum absolute atomic E-state index is 13.1. The van der Waals surface area contributed by atoms with E-state index in [1.54, 1.807) is 12.1 Å². The number of rotatable bonds is 7. The van der Waals surface area contributed by atoms with Gasteiger partial charge in [0.15, 0.2) is 15.6 Å². The molecular weight excluding hydrogens is 428 g/mol. The zero-order chi connectivity index (χ0) is 21.9. The molecule has 0 unspecified atom stereocenters. The Balaban J connectivity index is 2.05. The molecule has 3 rings (SSSR count). The predicted molar refractivity (Wildman–Crippen MR) is 114 cm³/mol. The topological polar surface area (TPSA) is 101 Å². The molecule has 3 aromatic carbocycles. The molecule has 0 atom stereocenters. The molecule has 3 aromatic rings. The summed E-state index contributed by atoms with van der Waals surface area (Å²) in [6, 6.07) is 17.0. The molecule has 6 nitrogen and oxygen atoms in total. The number of hydrogen-bond acceptors (Lipinski definition) is 5. The van der Waals surface area contributed by atoms with Crippen LogP contribution in [-0.2, 0) is 26.8 Å². The molecule has 0 heterocycles. The van der Waals surface area contributed by atoms with Crippen LogP contribution in [0, 0.1) is 0 Å². The van der Waals surface area contributed by atoms with Crippen LogP contribution in [0.2, 0.25) is 5.02 Å². The van der Waals surface area contributed by atoms with Crippen molar-refractivity contribution in [3.63, 3.8) is 0 Å². The maximum Gasteiger partial charge on any atom is 0.307 e. The van der Waals surface area contributed by atoms with E-state index in [1.165, 1.54) is 13.2 Å². The van der Waals surface area contributed by atoms with Gasteiger partial charge >= 0.3 is 5.97 Å². The Bertz CT molecular complexity index is 1190. The smallest absolute Gasteiger partial charge is 0.307 e. The van der Waals surface area contributed by atoms with E-state index in [1.807, 2.05) is 36.4 Å². The molecule has 0 bridgehead atoms. The van der Waals surface area contributed by atoms with Crippen LogP contribution in [0.15, 0.2) is 65.6 Å². The number of phenolic OH excluding ortho intramolecular Hbond substituents is 1. The number of sulfone groups is 1. The normalized spacial score (nSPS) is 11.3. The molecule has 0 aliphatic heterocycles. The third-order valence-electron chi connectivity index (χ3n) is 4.51. The van der Waals surface area contributed by atoms with E-state index in [4.69, 9.17) is 21.4 Å². The highest BCUT2D eigenvalue weighted by Gasteiger charge is 2.24. The lowest BCUT2D eigenvalue weighted by Crippen LogP contribution is -2.09. The van der Waals surface area contributed by atoms with Crippen molar-refractivity contribution in [2.24, 2.45) is 0 Å². The van der Waals surface area contributed by atoms with Crippen LogP contribution >= 0.6 is 11.6 Å². The van der Waals surface area contributed by atoms with Crippen molar-refractivity contribution in [1.29, 1.82) is 0 Å². The Hall–Kier alpha value is -3.03. The summed E-state index contributed by atoms with van der Waals surface area (Å²) < 4.78 is 31.5. The Morgan fingerprint density at radius 3 is 2.37 bits per heavy atom. The minimum atomic E-state index is -4.06. The molecule has 0 aliphatic rings. The van der Waals surface area contributed by atoms with Gasteiger partial charge in [-0.15, -0.1) is 0 Å². The number of carboxylic acid groups (broad SMARTS) is 1. The van der Waals surface area contributed by atoms with Crippen LogP contribution in [0.1, 0.15) is 11.1 Å². The molecule has 156 valence electrons. The average Bonchev–Trinajstić information content (AvgIpc) is 2.70. The molecule has 0 aromatic heterocycles. The number of aromatic hydroxyl groups is 1. The molecule has 0 aliphatic carbocycles. The second-order valence-electron chi connectivity index (χ2n) is 6.65. The zero-order valence-electron chi connectivity index (χ0n) is 16.0. The Morgan fingerprint density at radius 1 is 1.03 bits per heavy atom. The van der Waals surface area contributed by atoms with Crippen molar-refractivity contribution >= 4 is 27.4 Å². The summed E-state index contributed by atoms with van der Waals surface area (Å²) >= 11 is 5.94. The highest BCUT2D eigenvalue weighted by Crippen LogP contribution is 2.36. The molecule has 0 spiro atoms. The fraction of sp³-hybridized carbons (Fsp3) is 0.136. The van der Waals surface area contributed by atoms with E-state index in [2.05, 4.69) is 0 Å². The molecule has 0 saturated heterocycles. The van der Waals surface area contributed by atoms with E-state index in [0.717, 1.165) is 17.2 Å². The van der Waals surface area contributed by atoms with E-state index in [-0.39, 0.29) is 10.6 Å². The van der Waals surface area contributed by atoms with Crippen LogP contribution < -0.4 is 4.74 Å². The molecule has 0 radical (unpaired) electrons. The van der Waals surface area contributed by atoms with E-state index in [0.29, 0.717) is 11.3 Å². The Labute approximate surface area is 179 Å². The fourth-order valence-corrected chi connectivity index (χ4v) is 4.95. The van der Waals surface area contributed by atoms with Gasteiger partial charge in [0.1, 0.15) is 10.6 Å². The number of hydrogen-bond donors (Lipinski definition) is 2. The van der Waals surface area contributed by atoms with Gasteiger partial charge in [0, 0.05) is 5.56 Å². The lowest BCUT2D eigenvalue weighted by Gasteiger charge is -2.14. The van der Waals surface area contributed by atoms with E-state index in [9.17, 15) is 18.3 Å². The molecule has 0 saturated carbocycles. The Kier molecular flexibility index (Phi) is 6.34. The molecule has 0 fully saturated rings. The number of halogens is 1. The van der Waals surface area contributed by atoms with Crippen LogP contribution in [0.5, 0.6) is 11.5 Å². The summed E-state index contributed by atoms with van der Waals surface area (Å²) in [5.74, 6) is -1.83. The van der Waals surface area contributed by atoms with Gasteiger partial charge in [-0.2, -0.15) is 0 Å².